The number of aromatic nitrogens is 5. The van der Waals surface area contributed by atoms with E-state index in [1.54, 1.807) is 18.6 Å². The molecule has 0 aliphatic carbocycles. The van der Waals surface area contributed by atoms with Crippen LogP contribution in [0.4, 0.5) is 17.7 Å². The molecule has 8 heteroatoms. The van der Waals surface area contributed by atoms with Crippen LogP contribution < -0.4 is 15.1 Å². The van der Waals surface area contributed by atoms with Crippen LogP contribution in [0.3, 0.4) is 0 Å². The molecule has 1 saturated heterocycles. The molecule has 3 aromatic rings. The number of hydrogen-bond acceptors (Lipinski definition) is 8. The third-order valence-corrected chi connectivity index (χ3v) is 4.28. The summed E-state index contributed by atoms with van der Waals surface area (Å²) in [6.45, 7) is 4.05. The summed E-state index contributed by atoms with van der Waals surface area (Å²) < 4.78 is 0. The minimum Gasteiger partial charge on any atom is -0.352 e. The predicted octanol–water partition coefficient (Wildman–Crippen LogP) is 1.60. The molecule has 132 valence electrons. The fraction of sp³-hybridized carbons (Fsp3) is 0.278. The van der Waals surface area contributed by atoms with Gasteiger partial charge in [0.2, 0.25) is 11.9 Å². The molecule has 0 bridgehead atoms. The van der Waals surface area contributed by atoms with E-state index in [1.807, 2.05) is 24.3 Å². The average molecular weight is 348 g/mol. The van der Waals surface area contributed by atoms with Crippen molar-refractivity contribution in [2.45, 2.75) is 6.54 Å². The van der Waals surface area contributed by atoms with Crippen LogP contribution in [0.2, 0.25) is 0 Å². The van der Waals surface area contributed by atoms with Crippen molar-refractivity contribution in [1.82, 2.24) is 25.1 Å². The van der Waals surface area contributed by atoms with Crippen LogP contribution in [-0.4, -0.2) is 51.3 Å². The van der Waals surface area contributed by atoms with Crippen molar-refractivity contribution >= 4 is 17.7 Å². The average Bonchev–Trinajstić information content (AvgIpc) is 2.74. The van der Waals surface area contributed by atoms with Gasteiger partial charge in [-0.3, -0.25) is 0 Å². The lowest BCUT2D eigenvalue weighted by Crippen LogP contribution is -2.47. The Bertz CT molecular complexity index is 819. The Labute approximate surface area is 152 Å². The summed E-state index contributed by atoms with van der Waals surface area (Å²) in [6, 6.07) is 12.0. The second-order valence-corrected chi connectivity index (χ2v) is 6.00. The van der Waals surface area contributed by atoms with Gasteiger partial charge in [-0.2, -0.15) is 10.1 Å². The number of nitrogens with zero attached hydrogens (tertiary/aromatic N) is 7. The zero-order valence-corrected chi connectivity index (χ0v) is 14.4. The molecule has 0 amide bonds. The van der Waals surface area contributed by atoms with Crippen molar-refractivity contribution < 1.29 is 0 Å². The predicted molar refractivity (Wildman–Crippen MR) is 100 cm³/mol. The molecule has 0 spiro atoms. The zero-order chi connectivity index (χ0) is 17.6. The van der Waals surface area contributed by atoms with Crippen molar-refractivity contribution in [2.24, 2.45) is 0 Å². The van der Waals surface area contributed by atoms with Gasteiger partial charge in [0, 0.05) is 45.1 Å². The second kappa shape index (κ2) is 7.73. The molecule has 26 heavy (non-hydrogen) atoms. The topological polar surface area (TPSA) is 83.0 Å². The van der Waals surface area contributed by atoms with E-state index < -0.39 is 0 Å². The highest BCUT2D eigenvalue weighted by Gasteiger charge is 2.20. The van der Waals surface area contributed by atoms with E-state index in [0.29, 0.717) is 12.5 Å². The van der Waals surface area contributed by atoms with Crippen molar-refractivity contribution in [1.29, 1.82) is 0 Å². The van der Waals surface area contributed by atoms with Gasteiger partial charge in [-0.05, 0) is 11.6 Å². The summed E-state index contributed by atoms with van der Waals surface area (Å²) in [7, 11) is 0. The van der Waals surface area contributed by atoms with Crippen LogP contribution in [0.1, 0.15) is 5.56 Å². The lowest BCUT2D eigenvalue weighted by Gasteiger charge is -2.35. The molecule has 1 fully saturated rings. The van der Waals surface area contributed by atoms with E-state index in [1.165, 1.54) is 5.56 Å². The smallest absolute Gasteiger partial charge is 0.244 e. The Morgan fingerprint density at radius 2 is 1.62 bits per heavy atom. The molecule has 3 heterocycles. The van der Waals surface area contributed by atoms with Gasteiger partial charge in [-0.1, -0.05) is 30.3 Å². The molecule has 1 aliphatic heterocycles. The SMILES string of the molecule is c1ccc(CNc2nncc(N3CCN(c4ncccn4)CC3)n2)cc1. The molecule has 2 aromatic heterocycles. The molecule has 1 N–H and O–H groups in total. The minimum absolute atomic E-state index is 0.542. The first kappa shape index (κ1) is 16.2. The zero-order valence-electron chi connectivity index (χ0n) is 14.4. The van der Waals surface area contributed by atoms with E-state index in [0.717, 1.165) is 37.9 Å². The van der Waals surface area contributed by atoms with Gasteiger partial charge in [-0.25, -0.2) is 9.97 Å². The van der Waals surface area contributed by atoms with Gasteiger partial charge in [0.15, 0.2) is 5.82 Å². The number of hydrogen-bond donors (Lipinski definition) is 1. The van der Waals surface area contributed by atoms with Gasteiger partial charge >= 0.3 is 0 Å². The Kier molecular flexibility index (Phi) is 4.81. The molecular weight excluding hydrogens is 328 g/mol. The van der Waals surface area contributed by atoms with E-state index in [2.05, 4.69) is 52.4 Å². The summed E-state index contributed by atoms with van der Waals surface area (Å²) in [5, 5.41) is 11.4. The van der Waals surface area contributed by atoms with Gasteiger partial charge < -0.3 is 15.1 Å². The number of piperazine rings is 1. The molecule has 8 nitrogen and oxygen atoms in total. The highest BCUT2D eigenvalue weighted by molar-refractivity contribution is 5.43. The maximum atomic E-state index is 4.60. The van der Waals surface area contributed by atoms with Crippen molar-refractivity contribution in [3.05, 3.63) is 60.6 Å². The van der Waals surface area contributed by atoms with Crippen LogP contribution in [0.15, 0.2) is 55.0 Å². The summed E-state index contributed by atoms with van der Waals surface area (Å²) in [5.74, 6) is 2.16. The summed E-state index contributed by atoms with van der Waals surface area (Å²) in [6.07, 6.45) is 5.25. The van der Waals surface area contributed by atoms with E-state index in [-0.39, 0.29) is 0 Å². The fourth-order valence-electron chi connectivity index (χ4n) is 2.89. The molecule has 4 rings (SSSR count). The van der Waals surface area contributed by atoms with E-state index in [4.69, 9.17) is 0 Å². The van der Waals surface area contributed by atoms with Gasteiger partial charge in [0.1, 0.15) is 0 Å². The van der Waals surface area contributed by atoms with Crippen LogP contribution in [-0.2, 0) is 6.54 Å². The molecule has 1 aromatic carbocycles. The fourth-order valence-corrected chi connectivity index (χ4v) is 2.89. The largest absolute Gasteiger partial charge is 0.352 e. The monoisotopic (exact) mass is 348 g/mol. The molecule has 0 radical (unpaired) electrons. The highest BCUT2D eigenvalue weighted by Crippen LogP contribution is 2.16. The molecule has 1 aliphatic rings. The number of nitrogens with one attached hydrogen (secondary N) is 1. The number of anilines is 3. The Morgan fingerprint density at radius 3 is 2.38 bits per heavy atom. The summed E-state index contributed by atoms with van der Waals surface area (Å²) >= 11 is 0. The third kappa shape index (κ3) is 3.85. The lowest BCUT2D eigenvalue weighted by atomic mass is 10.2. The third-order valence-electron chi connectivity index (χ3n) is 4.28. The minimum atomic E-state index is 0.542. The van der Waals surface area contributed by atoms with Crippen LogP contribution in [0, 0.1) is 0 Å². The Morgan fingerprint density at radius 1 is 0.885 bits per heavy atom. The summed E-state index contributed by atoms with van der Waals surface area (Å²) in [4.78, 5) is 17.6. The lowest BCUT2D eigenvalue weighted by molar-refractivity contribution is 0.632. The quantitative estimate of drug-likeness (QED) is 0.744. The van der Waals surface area contributed by atoms with Gasteiger partial charge in [0.05, 0.1) is 6.20 Å². The van der Waals surface area contributed by atoms with Crippen LogP contribution in [0.25, 0.3) is 0 Å². The van der Waals surface area contributed by atoms with Crippen LogP contribution >= 0.6 is 0 Å². The highest BCUT2D eigenvalue weighted by atomic mass is 15.4. The molecular formula is C18H20N8. The molecule has 0 unspecified atom stereocenters. The summed E-state index contributed by atoms with van der Waals surface area (Å²) in [5.41, 5.74) is 1.18. The first-order chi connectivity index (χ1) is 12.9. The van der Waals surface area contributed by atoms with E-state index in [9.17, 15) is 0 Å². The first-order valence-electron chi connectivity index (χ1n) is 8.63. The van der Waals surface area contributed by atoms with Crippen molar-refractivity contribution in [3.63, 3.8) is 0 Å². The number of rotatable bonds is 5. The Hall–Kier alpha value is -3.29. The van der Waals surface area contributed by atoms with Crippen molar-refractivity contribution in [3.8, 4) is 0 Å². The first-order valence-corrected chi connectivity index (χ1v) is 8.63. The van der Waals surface area contributed by atoms with Gasteiger partial charge in [0.25, 0.3) is 0 Å². The maximum absolute atomic E-state index is 4.60. The van der Waals surface area contributed by atoms with Crippen molar-refractivity contribution in [2.75, 3.05) is 41.3 Å². The normalized spacial score (nSPS) is 14.3. The molecule has 0 saturated carbocycles. The number of benzene rings is 1. The Balaban J connectivity index is 1.36. The second-order valence-electron chi connectivity index (χ2n) is 6.00. The standard InChI is InChI=1S/C18H20N8/c1-2-5-15(6-3-1)13-21-17-23-16(14-22-24-17)25-9-11-26(12-10-25)18-19-7-4-8-20-18/h1-8,14H,9-13H2,(H,21,23,24). The maximum Gasteiger partial charge on any atom is 0.244 e. The van der Waals surface area contributed by atoms with Crippen LogP contribution in [0.5, 0.6) is 0 Å². The van der Waals surface area contributed by atoms with Gasteiger partial charge in [-0.15, -0.1) is 5.10 Å². The molecule has 0 atom stereocenters. The van der Waals surface area contributed by atoms with E-state index >= 15 is 0 Å².